The molecule has 0 aliphatic carbocycles. The number of furan rings is 1. The highest BCUT2D eigenvalue weighted by Gasteiger charge is 2.21. The summed E-state index contributed by atoms with van der Waals surface area (Å²) in [5, 5.41) is 4.02. The Kier molecular flexibility index (Phi) is 6.09. The van der Waals surface area contributed by atoms with Gasteiger partial charge in [0.2, 0.25) is 0 Å². The second-order valence-electron chi connectivity index (χ2n) is 6.00. The Morgan fingerprint density at radius 3 is 2.65 bits per heavy atom. The number of carbonyl (C=O) groups excluding carboxylic acids is 1. The predicted octanol–water partition coefficient (Wildman–Crippen LogP) is 3.21. The Balaban J connectivity index is 1.72. The Labute approximate surface area is 157 Å². The van der Waals surface area contributed by atoms with Crippen molar-refractivity contribution in [3.05, 3.63) is 70.8 Å². The topological polar surface area (TPSA) is 59.3 Å². The van der Waals surface area contributed by atoms with Crippen LogP contribution < -0.4 is 15.0 Å². The third kappa shape index (κ3) is 4.53. The molecular formula is C20H23N2O3S+. The number of amides is 1. The molecule has 2 heterocycles. The van der Waals surface area contributed by atoms with Crippen molar-refractivity contribution in [2.75, 3.05) is 18.6 Å². The van der Waals surface area contributed by atoms with Gasteiger partial charge in [-0.1, -0.05) is 6.07 Å². The summed E-state index contributed by atoms with van der Waals surface area (Å²) < 4.78 is 10.6. The summed E-state index contributed by atoms with van der Waals surface area (Å²) in [6.45, 7) is 2.94. The Morgan fingerprint density at radius 2 is 2.04 bits per heavy atom. The van der Waals surface area contributed by atoms with Gasteiger partial charge in [-0.3, -0.25) is 4.79 Å². The molecule has 3 aromatic rings. The molecule has 5 nitrogen and oxygen atoms in total. The fraction of sp³-hybridized carbons (Fsp3) is 0.250. The first-order chi connectivity index (χ1) is 12.7. The number of rotatable bonds is 8. The summed E-state index contributed by atoms with van der Waals surface area (Å²) in [4.78, 5) is 15.9. The molecule has 0 aliphatic rings. The van der Waals surface area contributed by atoms with Crippen molar-refractivity contribution < 1.29 is 19.3 Å². The Bertz CT molecular complexity index is 798. The number of nitrogens with zero attached hydrogens (tertiary/aromatic N) is 1. The van der Waals surface area contributed by atoms with E-state index in [-0.39, 0.29) is 11.9 Å². The molecule has 0 aliphatic heterocycles. The molecular weight excluding hydrogens is 348 g/mol. The van der Waals surface area contributed by atoms with Crippen LogP contribution in [0.15, 0.2) is 64.6 Å². The van der Waals surface area contributed by atoms with E-state index in [0.29, 0.717) is 13.1 Å². The van der Waals surface area contributed by atoms with Crippen LogP contribution in [0.5, 0.6) is 5.75 Å². The monoisotopic (exact) mass is 371 g/mol. The highest BCUT2D eigenvalue weighted by molar-refractivity contribution is 7.09. The van der Waals surface area contributed by atoms with Crippen molar-refractivity contribution in [2.45, 2.75) is 19.5 Å². The van der Waals surface area contributed by atoms with Crippen molar-refractivity contribution in [1.29, 1.82) is 0 Å². The van der Waals surface area contributed by atoms with Gasteiger partial charge in [-0.25, -0.2) is 0 Å². The second-order valence-corrected chi connectivity index (χ2v) is 7.03. The van der Waals surface area contributed by atoms with Gasteiger partial charge in [0, 0.05) is 10.6 Å². The molecule has 0 bridgehead atoms. The van der Waals surface area contributed by atoms with Gasteiger partial charge in [0.15, 0.2) is 12.3 Å². The lowest BCUT2D eigenvalue weighted by atomic mass is 10.2. The van der Waals surface area contributed by atoms with Crippen LogP contribution in [0.3, 0.4) is 0 Å². The van der Waals surface area contributed by atoms with E-state index in [2.05, 4.69) is 0 Å². The molecule has 0 fully saturated rings. The first-order valence-corrected chi connectivity index (χ1v) is 9.39. The third-order valence-electron chi connectivity index (χ3n) is 4.22. The normalized spacial score (nSPS) is 11.9. The van der Waals surface area contributed by atoms with Gasteiger partial charge in [-0.05, 0) is 54.8 Å². The van der Waals surface area contributed by atoms with Gasteiger partial charge in [0.05, 0.1) is 19.9 Å². The molecule has 136 valence electrons. The zero-order chi connectivity index (χ0) is 18.4. The lowest BCUT2D eigenvalue weighted by Gasteiger charge is -2.22. The van der Waals surface area contributed by atoms with Crippen molar-refractivity contribution >= 4 is 22.9 Å². The quantitative estimate of drug-likeness (QED) is 0.661. The minimum Gasteiger partial charge on any atom is -0.497 e. The Morgan fingerprint density at radius 1 is 1.23 bits per heavy atom. The van der Waals surface area contributed by atoms with E-state index in [1.165, 1.54) is 0 Å². The minimum absolute atomic E-state index is 0.0574. The number of thiophene rings is 1. The van der Waals surface area contributed by atoms with Crippen LogP contribution in [0.1, 0.15) is 23.6 Å². The lowest BCUT2D eigenvalue weighted by Crippen LogP contribution is -2.87. The first kappa shape index (κ1) is 18.2. The van der Waals surface area contributed by atoms with Gasteiger partial charge in [-0.2, -0.15) is 0 Å². The van der Waals surface area contributed by atoms with Gasteiger partial charge >= 0.3 is 0 Å². The lowest BCUT2D eigenvalue weighted by molar-refractivity contribution is -0.684. The van der Waals surface area contributed by atoms with Crippen molar-refractivity contribution in [1.82, 2.24) is 0 Å². The number of carbonyl (C=O) groups is 1. The van der Waals surface area contributed by atoms with Gasteiger partial charge < -0.3 is 19.4 Å². The molecule has 0 saturated carbocycles. The van der Waals surface area contributed by atoms with Crippen LogP contribution in [0, 0.1) is 0 Å². The maximum absolute atomic E-state index is 12.9. The maximum atomic E-state index is 12.9. The highest BCUT2D eigenvalue weighted by atomic mass is 32.1. The fourth-order valence-corrected chi connectivity index (χ4v) is 3.39. The number of ether oxygens (including phenoxy) is 1. The van der Waals surface area contributed by atoms with E-state index in [9.17, 15) is 4.79 Å². The van der Waals surface area contributed by atoms with E-state index >= 15 is 0 Å². The molecule has 1 aromatic carbocycles. The SMILES string of the molecule is COc1ccc(N(Cc2cccs2)C(=O)C[NH2+][C@@H](C)c2ccco2)cc1. The van der Waals surface area contributed by atoms with Crippen molar-refractivity contribution in [3.63, 3.8) is 0 Å². The maximum Gasteiger partial charge on any atom is 0.282 e. The smallest absolute Gasteiger partial charge is 0.282 e. The largest absolute Gasteiger partial charge is 0.497 e. The van der Waals surface area contributed by atoms with E-state index in [1.54, 1.807) is 24.7 Å². The van der Waals surface area contributed by atoms with Gasteiger partial charge in [0.1, 0.15) is 11.8 Å². The van der Waals surface area contributed by atoms with Crippen LogP contribution in [0.4, 0.5) is 5.69 Å². The summed E-state index contributed by atoms with van der Waals surface area (Å²) in [5.41, 5.74) is 0.864. The molecule has 1 atom stereocenters. The number of quaternary nitrogens is 1. The summed E-state index contributed by atoms with van der Waals surface area (Å²) >= 11 is 1.65. The summed E-state index contributed by atoms with van der Waals surface area (Å²) in [6.07, 6.45) is 1.65. The highest BCUT2D eigenvalue weighted by Crippen LogP contribution is 2.22. The van der Waals surface area contributed by atoms with Crippen molar-refractivity contribution in [3.8, 4) is 5.75 Å². The van der Waals surface area contributed by atoms with Crippen LogP contribution in [-0.2, 0) is 11.3 Å². The fourth-order valence-electron chi connectivity index (χ4n) is 2.70. The number of nitrogens with two attached hydrogens (primary N) is 1. The molecule has 26 heavy (non-hydrogen) atoms. The molecule has 2 N–H and O–H groups in total. The summed E-state index contributed by atoms with van der Waals surface area (Å²) in [6, 6.07) is 15.5. The third-order valence-corrected chi connectivity index (χ3v) is 5.08. The summed E-state index contributed by atoms with van der Waals surface area (Å²) in [5.74, 6) is 1.70. The zero-order valence-electron chi connectivity index (χ0n) is 14.9. The van der Waals surface area contributed by atoms with E-state index < -0.39 is 0 Å². The second kappa shape index (κ2) is 8.69. The van der Waals surface area contributed by atoms with Crippen LogP contribution in [0.25, 0.3) is 0 Å². The number of hydrogen-bond acceptors (Lipinski definition) is 4. The average molecular weight is 371 g/mol. The van der Waals surface area contributed by atoms with Gasteiger partial charge in [0.25, 0.3) is 5.91 Å². The molecule has 2 aromatic heterocycles. The summed E-state index contributed by atoms with van der Waals surface area (Å²) in [7, 11) is 1.63. The molecule has 0 saturated heterocycles. The van der Waals surface area contributed by atoms with E-state index in [4.69, 9.17) is 9.15 Å². The number of hydrogen-bond donors (Lipinski definition) is 1. The zero-order valence-corrected chi connectivity index (χ0v) is 15.7. The van der Waals surface area contributed by atoms with E-state index in [1.807, 2.05) is 71.1 Å². The number of anilines is 1. The van der Waals surface area contributed by atoms with Crippen LogP contribution in [-0.4, -0.2) is 19.6 Å². The average Bonchev–Trinajstić information content (AvgIpc) is 3.38. The Hall–Kier alpha value is -2.57. The van der Waals surface area contributed by atoms with Crippen LogP contribution in [0.2, 0.25) is 0 Å². The molecule has 6 heteroatoms. The van der Waals surface area contributed by atoms with Crippen molar-refractivity contribution in [2.24, 2.45) is 0 Å². The molecule has 3 rings (SSSR count). The minimum atomic E-state index is 0.0574. The molecule has 1 amide bonds. The predicted molar refractivity (Wildman–Crippen MR) is 102 cm³/mol. The molecule has 0 unspecified atom stereocenters. The first-order valence-electron chi connectivity index (χ1n) is 8.51. The van der Waals surface area contributed by atoms with Gasteiger partial charge in [-0.15, -0.1) is 11.3 Å². The number of methoxy groups -OCH3 is 1. The molecule has 0 radical (unpaired) electrons. The van der Waals surface area contributed by atoms with Crippen LogP contribution >= 0.6 is 11.3 Å². The van der Waals surface area contributed by atoms with E-state index in [0.717, 1.165) is 22.1 Å². The number of benzene rings is 1. The standard InChI is InChI=1S/C20H22N2O3S/c1-15(19-6-3-11-25-19)21-13-20(23)22(14-18-5-4-12-26-18)16-7-9-17(24-2)10-8-16/h3-12,15,21H,13-14H2,1-2H3/p+1/t15-/m0/s1. The molecule has 0 spiro atoms.